The van der Waals surface area contributed by atoms with Crippen LogP contribution in [0.4, 0.5) is 4.39 Å². The van der Waals surface area contributed by atoms with Crippen molar-refractivity contribution in [2.75, 3.05) is 20.1 Å². The normalized spacial score (nSPS) is 27.6. The van der Waals surface area contributed by atoms with Crippen LogP contribution in [0.25, 0.3) is 0 Å². The molecule has 2 atom stereocenters. The Morgan fingerprint density at radius 2 is 2.05 bits per heavy atom. The molecule has 21 heavy (non-hydrogen) atoms. The Hall–Kier alpha value is -0.930. The highest BCUT2D eigenvalue weighted by Crippen LogP contribution is 2.36. The number of hydrogen-bond donors (Lipinski definition) is 1. The van der Waals surface area contributed by atoms with Crippen LogP contribution in [0.1, 0.15) is 49.3 Å². The first-order chi connectivity index (χ1) is 10.1. The van der Waals surface area contributed by atoms with E-state index in [0.29, 0.717) is 5.92 Å². The largest absolute Gasteiger partial charge is 0.314 e. The first-order valence-electron chi connectivity index (χ1n) is 8.35. The number of nitrogens with zero attached hydrogens (tertiary/aromatic N) is 1. The zero-order valence-corrected chi connectivity index (χ0v) is 13.2. The van der Waals surface area contributed by atoms with Crippen LogP contribution in [0.2, 0.25) is 0 Å². The summed E-state index contributed by atoms with van der Waals surface area (Å²) in [5.41, 5.74) is 2.04. The summed E-state index contributed by atoms with van der Waals surface area (Å²) < 4.78 is 14.4. The van der Waals surface area contributed by atoms with Crippen LogP contribution in [-0.2, 0) is 0 Å². The Morgan fingerprint density at radius 3 is 2.81 bits per heavy atom. The second-order valence-electron chi connectivity index (χ2n) is 6.89. The second kappa shape index (κ2) is 6.45. The molecule has 3 heteroatoms. The number of halogens is 1. The Kier molecular flexibility index (Phi) is 4.60. The van der Waals surface area contributed by atoms with Crippen molar-refractivity contribution in [1.29, 1.82) is 0 Å². The summed E-state index contributed by atoms with van der Waals surface area (Å²) in [6, 6.07) is 6.48. The maximum atomic E-state index is 14.4. The van der Waals surface area contributed by atoms with Crippen molar-refractivity contribution in [3.63, 3.8) is 0 Å². The SMILES string of the molecule is Cc1ccc(F)c(C2C(CNC3CC3)CCCCN2C)c1. The summed E-state index contributed by atoms with van der Waals surface area (Å²) in [5, 5.41) is 3.66. The van der Waals surface area contributed by atoms with E-state index in [1.807, 2.05) is 12.1 Å². The molecule has 1 aromatic carbocycles. The molecule has 0 amide bonds. The monoisotopic (exact) mass is 290 g/mol. The van der Waals surface area contributed by atoms with Crippen LogP contribution < -0.4 is 5.32 Å². The molecular formula is C18H27FN2. The summed E-state index contributed by atoms with van der Waals surface area (Å²) in [7, 11) is 2.15. The molecule has 2 unspecified atom stereocenters. The van der Waals surface area contributed by atoms with E-state index in [1.165, 1.54) is 32.1 Å². The smallest absolute Gasteiger partial charge is 0.128 e. The van der Waals surface area contributed by atoms with E-state index in [0.717, 1.165) is 30.3 Å². The Morgan fingerprint density at radius 1 is 1.24 bits per heavy atom. The molecule has 2 fully saturated rings. The van der Waals surface area contributed by atoms with Gasteiger partial charge in [-0.05, 0) is 58.2 Å². The van der Waals surface area contributed by atoms with Crippen LogP contribution in [0.3, 0.4) is 0 Å². The number of rotatable bonds is 4. The fourth-order valence-electron chi connectivity index (χ4n) is 3.62. The molecule has 1 aromatic rings. The van der Waals surface area contributed by atoms with E-state index in [2.05, 4.69) is 24.2 Å². The van der Waals surface area contributed by atoms with E-state index in [9.17, 15) is 4.39 Å². The van der Waals surface area contributed by atoms with Gasteiger partial charge in [0.15, 0.2) is 0 Å². The number of benzene rings is 1. The van der Waals surface area contributed by atoms with Gasteiger partial charge in [0.1, 0.15) is 5.82 Å². The zero-order chi connectivity index (χ0) is 14.8. The average molecular weight is 290 g/mol. The van der Waals surface area contributed by atoms with E-state index in [-0.39, 0.29) is 11.9 Å². The molecule has 1 aliphatic carbocycles. The van der Waals surface area contributed by atoms with Crippen LogP contribution in [-0.4, -0.2) is 31.1 Å². The Balaban J connectivity index is 1.85. The zero-order valence-electron chi connectivity index (χ0n) is 13.2. The molecule has 1 aliphatic heterocycles. The highest BCUT2D eigenvalue weighted by Gasteiger charge is 2.32. The van der Waals surface area contributed by atoms with Crippen LogP contribution in [0.5, 0.6) is 0 Å². The topological polar surface area (TPSA) is 15.3 Å². The van der Waals surface area contributed by atoms with Crippen molar-refractivity contribution in [3.05, 3.63) is 35.1 Å². The summed E-state index contributed by atoms with van der Waals surface area (Å²) >= 11 is 0. The van der Waals surface area contributed by atoms with Gasteiger partial charge in [-0.1, -0.05) is 24.1 Å². The van der Waals surface area contributed by atoms with E-state index in [1.54, 1.807) is 6.07 Å². The second-order valence-corrected chi connectivity index (χ2v) is 6.89. The quantitative estimate of drug-likeness (QED) is 0.910. The summed E-state index contributed by atoms with van der Waals surface area (Å²) in [6.45, 7) is 4.14. The number of nitrogens with one attached hydrogen (secondary N) is 1. The van der Waals surface area contributed by atoms with E-state index in [4.69, 9.17) is 0 Å². The number of hydrogen-bond acceptors (Lipinski definition) is 2. The molecule has 116 valence electrons. The molecular weight excluding hydrogens is 263 g/mol. The number of aryl methyl sites for hydroxylation is 1. The lowest BCUT2D eigenvalue weighted by Gasteiger charge is -2.33. The van der Waals surface area contributed by atoms with Crippen molar-refractivity contribution in [2.45, 2.75) is 51.1 Å². The van der Waals surface area contributed by atoms with Crippen LogP contribution in [0, 0.1) is 18.7 Å². The predicted octanol–water partition coefficient (Wildman–Crippen LogP) is 3.66. The third-order valence-electron chi connectivity index (χ3n) is 4.97. The van der Waals surface area contributed by atoms with Crippen molar-refractivity contribution in [1.82, 2.24) is 10.2 Å². The van der Waals surface area contributed by atoms with Crippen LogP contribution in [0.15, 0.2) is 18.2 Å². The Bertz CT molecular complexity index is 484. The van der Waals surface area contributed by atoms with E-state index < -0.39 is 0 Å². The fourth-order valence-corrected chi connectivity index (χ4v) is 3.62. The van der Waals surface area contributed by atoms with Gasteiger partial charge in [-0.2, -0.15) is 0 Å². The molecule has 1 N–H and O–H groups in total. The van der Waals surface area contributed by atoms with Crippen LogP contribution >= 0.6 is 0 Å². The molecule has 2 aliphatic rings. The van der Waals surface area contributed by atoms with Gasteiger partial charge in [0.2, 0.25) is 0 Å². The van der Waals surface area contributed by atoms with Gasteiger partial charge >= 0.3 is 0 Å². The summed E-state index contributed by atoms with van der Waals surface area (Å²) in [6.07, 6.45) is 6.30. The van der Waals surface area contributed by atoms with Crippen molar-refractivity contribution in [2.24, 2.45) is 5.92 Å². The molecule has 1 saturated heterocycles. The molecule has 0 aromatic heterocycles. The fraction of sp³-hybridized carbons (Fsp3) is 0.667. The molecule has 0 radical (unpaired) electrons. The molecule has 1 saturated carbocycles. The molecule has 2 nitrogen and oxygen atoms in total. The third kappa shape index (κ3) is 3.64. The molecule has 3 rings (SSSR count). The lowest BCUT2D eigenvalue weighted by molar-refractivity contribution is 0.184. The van der Waals surface area contributed by atoms with Crippen molar-refractivity contribution < 1.29 is 4.39 Å². The van der Waals surface area contributed by atoms with E-state index >= 15 is 0 Å². The van der Waals surface area contributed by atoms with Crippen molar-refractivity contribution >= 4 is 0 Å². The van der Waals surface area contributed by atoms with Crippen molar-refractivity contribution in [3.8, 4) is 0 Å². The minimum absolute atomic E-state index is 0.0456. The summed E-state index contributed by atoms with van der Waals surface area (Å²) in [5.74, 6) is 0.463. The van der Waals surface area contributed by atoms with Gasteiger partial charge < -0.3 is 5.32 Å². The van der Waals surface area contributed by atoms with Gasteiger partial charge in [0.05, 0.1) is 0 Å². The first kappa shape index (κ1) is 15.0. The Labute approximate surface area is 127 Å². The minimum Gasteiger partial charge on any atom is -0.314 e. The van der Waals surface area contributed by atoms with Gasteiger partial charge in [-0.15, -0.1) is 0 Å². The molecule has 1 heterocycles. The highest BCUT2D eigenvalue weighted by molar-refractivity contribution is 5.28. The molecule has 0 bridgehead atoms. The summed E-state index contributed by atoms with van der Waals surface area (Å²) in [4.78, 5) is 2.37. The third-order valence-corrected chi connectivity index (χ3v) is 4.97. The number of likely N-dealkylation sites (tertiary alicyclic amines) is 1. The van der Waals surface area contributed by atoms with Gasteiger partial charge in [-0.25, -0.2) is 4.39 Å². The van der Waals surface area contributed by atoms with Gasteiger partial charge in [-0.3, -0.25) is 4.90 Å². The standard InChI is InChI=1S/C18H27FN2/c1-13-6-9-17(19)16(11-13)18-14(12-20-15-7-8-15)5-3-4-10-21(18)2/h6,9,11,14-15,18,20H,3-5,7-8,10,12H2,1-2H3. The van der Waals surface area contributed by atoms with Gasteiger partial charge in [0, 0.05) is 24.2 Å². The lowest BCUT2D eigenvalue weighted by atomic mass is 9.88. The minimum atomic E-state index is -0.0456. The lowest BCUT2D eigenvalue weighted by Crippen LogP contribution is -2.36. The highest BCUT2D eigenvalue weighted by atomic mass is 19.1. The van der Waals surface area contributed by atoms with Gasteiger partial charge in [0.25, 0.3) is 0 Å². The molecule has 0 spiro atoms. The predicted molar refractivity (Wildman–Crippen MR) is 84.9 cm³/mol. The maximum Gasteiger partial charge on any atom is 0.128 e. The first-order valence-corrected chi connectivity index (χ1v) is 8.35. The average Bonchev–Trinajstić information content (AvgIpc) is 3.28. The maximum absolute atomic E-state index is 14.4.